The molecule has 102 valence electrons. The molecule has 2 aromatic rings. The molecule has 0 amide bonds. The lowest BCUT2D eigenvalue weighted by Gasteiger charge is -2.09. The highest BCUT2D eigenvalue weighted by molar-refractivity contribution is 6.31. The SMILES string of the molecule is CCCc1nn(C)c(Nc2ccc(C)c(Cl)c2)c1N. The maximum absolute atomic E-state index is 6.13. The predicted octanol–water partition coefficient (Wildman–Crippen LogP) is 3.66. The van der Waals surface area contributed by atoms with E-state index in [-0.39, 0.29) is 0 Å². The summed E-state index contributed by atoms with van der Waals surface area (Å²) in [5.74, 6) is 0.809. The minimum Gasteiger partial charge on any atom is -0.394 e. The summed E-state index contributed by atoms with van der Waals surface area (Å²) in [7, 11) is 1.88. The van der Waals surface area contributed by atoms with E-state index in [0.29, 0.717) is 5.69 Å². The predicted molar refractivity (Wildman–Crippen MR) is 81.1 cm³/mol. The molecule has 1 heterocycles. The van der Waals surface area contributed by atoms with E-state index >= 15 is 0 Å². The summed E-state index contributed by atoms with van der Waals surface area (Å²) in [6.45, 7) is 4.09. The van der Waals surface area contributed by atoms with Crippen molar-refractivity contribution >= 4 is 28.8 Å². The van der Waals surface area contributed by atoms with Gasteiger partial charge in [0.25, 0.3) is 0 Å². The van der Waals surface area contributed by atoms with Gasteiger partial charge in [-0.3, -0.25) is 4.68 Å². The third-order valence-electron chi connectivity index (χ3n) is 3.08. The minimum absolute atomic E-state index is 0.709. The lowest BCUT2D eigenvalue weighted by molar-refractivity contribution is 0.740. The van der Waals surface area contributed by atoms with Crippen molar-refractivity contribution < 1.29 is 0 Å². The number of anilines is 3. The zero-order valence-electron chi connectivity index (χ0n) is 11.5. The quantitative estimate of drug-likeness (QED) is 0.897. The number of benzene rings is 1. The largest absolute Gasteiger partial charge is 0.394 e. The highest BCUT2D eigenvalue weighted by Gasteiger charge is 2.12. The first kappa shape index (κ1) is 13.7. The Morgan fingerprint density at radius 3 is 2.79 bits per heavy atom. The van der Waals surface area contributed by atoms with Crippen LogP contribution in [0, 0.1) is 6.92 Å². The molecule has 0 atom stereocenters. The highest BCUT2D eigenvalue weighted by atomic mass is 35.5. The summed E-state index contributed by atoms with van der Waals surface area (Å²) < 4.78 is 1.77. The number of hydrogen-bond acceptors (Lipinski definition) is 3. The maximum atomic E-state index is 6.13. The van der Waals surface area contributed by atoms with Crippen molar-refractivity contribution in [2.24, 2.45) is 7.05 Å². The number of aryl methyl sites for hydroxylation is 3. The lowest BCUT2D eigenvalue weighted by atomic mass is 10.2. The first-order chi connectivity index (χ1) is 9.02. The molecule has 0 aliphatic carbocycles. The van der Waals surface area contributed by atoms with Gasteiger partial charge in [-0.2, -0.15) is 5.10 Å². The lowest BCUT2D eigenvalue weighted by Crippen LogP contribution is -2.01. The summed E-state index contributed by atoms with van der Waals surface area (Å²) in [5.41, 5.74) is 9.74. The van der Waals surface area contributed by atoms with Gasteiger partial charge in [0.1, 0.15) is 0 Å². The van der Waals surface area contributed by atoms with Crippen molar-refractivity contribution in [2.75, 3.05) is 11.1 Å². The number of halogens is 1. The Morgan fingerprint density at radius 2 is 2.16 bits per heavy atom. The third kappa shape index (κ3) is 2.84. The van der Waals surface area contributed by atoms with E-state index in [2.05, 4.69) is 17.3 Å². The number of aromatic nitrogens is 2. The van der Waals surface area contributed by atoms with Crippen molar-refractivity contribution in [3.8, 4) is 0 Å². The van der Waals surface area contributed by atoms with E-state index in [0.717, 1.165) is 40.6 Å². The van der Waals surface area contributed by atoms with E-state index < -0.39 is 0 Å². The van der Waals surface area contributed by atoms with Crippen LogP contribution in [0.15, 0.2) is 18.2 Å². The summed E-state index contributed by atoms with van der Waals surface area (Å²) in [6.07, 6.45) is 1.91. The number of nitrogens with zero attached hydrogens (tertiary/aromatic N) is 2. The van der Waals surface area contributed by atoms with Gasteiger partial charge >= 0.3 is 0 Å². The topological polar surface area (TPSA) is 55.9 Å². The van der Waals surface area contributed by atoms with Crippen LogP contribution >= 0.6 is 11.6 Å². The number of nitrogen functional groups attached to an aromatic ring is 1. The standard InChI is InChI=1S/C14H19ClN4/c1-4-5-12-13(16)14(19(3)18-12)17-10-7-6-9(2)11(15)8-10/h6-8,17H,4-5,16H2,1-3H3. The normalized spacial score (nSPS) is 10.7. The van der Waals surface area contributed by atoms with E-state index in [1.165, 1.54) is 0 Å². The molecule has 0 radical (unpaired) electrons. The summed E-state index contributed by atoms with van der Waals surface area (Å²) in [6, 6.07) is 5.85. The van der Waals surface area contributed by atoms with Gasteiger partial charge < -0.3 is 11.1 Å². The Morgan fingerprint density at radius 1 is 1.42 bits per heavy atom. The van der Waals surface area contributed by atoms with E-state index in [1.54, 1.807) is 4.68 Å². The first-order valence-electron chi connectivity index (χ1n) is 6.37. The van der Waals surface area contributed by atoms with Crippen LogP contribution in [0.25, 0.3) is 0 Å². The monoisotopic (exact) mass is 278 g/mol. The molecule has 2 rings (SSSR count). The minimum atomic E-state index is 0.709. The van der Waals surface area contributed by atoms with Gasteiger partial charge in [-0.1, -0.05) is 31.0 Å². The zero-order chi connectivity index (χ0) is 14.0. The van der Waals surface area contributed by atoms with E-state index in [1.807, 2.05) is 32.2 Å². The van der Waals surface area contributed by atoms with E-state index in [9.17, 15) is 0 Å². The van der Waals surface area contributed by atoms with Crippen LogP contribution in [0.3, 0.4) is 0 Å². The van der Waals surface area contributed by atoms with Gasteiger partial charge in [0.15, 0.2) is 5.82 Å². The molecule has 0 saturated heterocycles. The van der Waals surface area contributed by atoms with Crippen molar-refractivity contribution in [1.29, 1.82) is 0 Å². The molecular weight excluding hydrogens is 260 g/mol. The van der Waals surface area contributed by atoms with Crippen molar-refractivity contribution in [3.05, 3.63) is 34.5 Å². The van der Waals surface area contributed by atoms with Crippen molar-refractivity contribution in [1.82, 2.24) is 9.78 Å². The fourth-order valence-corrected chi connectivity index (χ4v) is 2.15. The Bertz CT molecular complexity index is 589. The zero-order valence-corrected chi connectivity index (χ0v) is 12.3. The molecule has 19 heavy (non-hydrogen) atoms. The number of rotatable bonds is 4. The maximum Gasteiger partial charge on any atom is 0.152 e. The number of hydrogen-bond donors (Lipinski definition) is 2. The molecule has 0 fully saturated rings. The fourth-order valence-electron chi connectivity index (χ4n) is 1.97. The number of nitrogens with one attached hydrogen (secondary N) is 1. The molecule has 4 nitrogen and oxygen atoms in total. The molecule has 0 saturated carbocycles. The highest BCUT2D eigenvalue weighted by Crippen LogP contribution is 2.28. The number of nitrogens with two attached hydrogens (primary N) is 1. The average molecular weight is 279 g/mol. The van der Waals surface area contributed by atoms with Gasteiger partial charge in [-0.05, 0) is 31.0 Å². The molecule has 3 N–H and O–H groups in total. The summed E-state index contributed by atoms with van der Waals surface area (Å²) in [4.78, 5) is 0. The Kier molecular flexibility index (Phi) is 4.00. The molecule has 5 heteroatoms. The molecule has 0 aliphatic rings. The van der Waals surface area contributed by atoms with Crippen LogP contribution in [0.2, 0.25) is 5.02 Å². The Hall–Kier alpha value is -1.68. The van der Waals surface area contributed by atoms with Gasteiger partial charge in [-0.15, -0.1) is 0 Å². The van der Waals surface area contributed by atoms with Crippen molar-refractivity contribution in [2.45, 2.75) is 26.7 Å². The van der Waals surface area contributed by atoms with Gasteiger partial charge in [-0.25, -0.2) is 0 Å². The van der Waals surface area contributed by atoms with Gasteiger partial charge in [0.2, 0.25) is 0 Å². The fraction of sp³-hybridized carbons (Fsp3) is 0.357. The van der Waals surface area contributed by atoms with Crippen LogP contribution in [0.1, 0.15) is 24.6 Å². The van der Waals surface area contributed by atoms with Crippen molar-refractivity contribution in [3.63, 3.8) is 0 Å². The van der Waals surface area contributed by atoms with Gasteiger partial charge in [0, 0.05) is 17.8 Å². The van der Waals surface area contributed by atoms with Crippen LogP contribution in [-0.2, 0) is 13.5 Å². The molecule has 0 bridgehead atoms. The Labute approximate surface area is 118 Å². The van der Waals surface area contributed by atoms with Crippen LogP contribution in [-0.4, -0.2) is 9.78 Å². The first-order valence-corrected chi connectivity index (χ1v) is 6.75. The molecule has 0 spiro atoms. The Balaban J connectivity index is 2.30. The second-order valence-corrected chi connectivity index (χ2v) is 5.08. The molecule has 0 unspecified atom stereocenters. The molecule has 1 aromatic heterocycles. The smallest absolute Gasteiger partial charge is 0.152 e. The van der Waals surface area contributed by atoms with Crippen LogP contribution in [0.5, 0.6) is 0 Å². The molecule has 1 aromatic carbocycles. The van der Waals surface area contributed by atoms with E-state index in [4.69, 9.17) is 17.3 Å². The summed E-state index contributed by atoms with van der Waals surface area (Å²) in [5, 5.41) is 8.45. The summed E-state index contributed by atoms with van der Waals surface area (Å²) >= 11 is 6.12. The van der Waals surface area contributed by atoms with Crippen LogP contribution < -0.4 is 11.1 Å². The third-order valence-corrected chi connectivity index (χ3v) is 3.49. The second-order valence-electron chi connectivity index (χ2n) is 4.67. The van der Waals surface area contributed by atoms with Crippen LogP contribution in [0.4, 0.5) is 17.2 Å². The second kappa shape index (κ2) is 5.53. The van der Waals surface area contributed by atoms with Gasteiger partial charge in [0.05, 0.1) is 11.4 Å². The molecular formula is C14H19ClN4. The molecule has 0 aliphatic heterocycles. The average Bonchev–Trinajstić information content (AvgIpc) is 2.62.